The molecule has 4 aliphatic rings. The maximum Gasteiger partial charge on any atom is 0.0630 e. The van der Waals surface area contributed by atoms with Crippen LogP contribution in [-0.4, -0.2) is 10.8 Å². The van der Waals surface area contributed by atoms with Crippen LogP contribution in [0.4, 0.5) is 5.69 Å². The van der Waals surface area contributed by atoms with Crippen LogP contribution in [0.15, 0.2) is 35.3 Å². The van der Waals surface area contributed by atoms with Gasteiger partial charge in [-0.25, -0.2) is 0 Å². The number of aliphatic imine (C=N–C) groups is 1. The Balaban J connectivity index is 1.37. The topological polar surface area (TPSA) is 17.3 Å². The van der Waals surface area contributed by atoms with Crippen molar-refractivity contribution in [1.82, 2.24) is 4.57 Å². The standard InChI is InChI=1S/C25H32N2/c1-4-27-17(2)9-22(18(27)3)16-26-24-7-5-23(6-8-24)25-13-19-10-20(14-25)12-21(11-19)15-25/h5-9,16,19-21H,4,10-15H2,1-3H3. The molecule has 0 N–H and O–H groups in total. The third kappa shape index (κ3) is 2.88. The highest BCUT2D eigenvalue weighted by Gasteiger charge is 2.51. The summed E-state index contributed by atoms with van der Waals surface area (Å²) in [6, 6.07) is 11.5. The van der Waals surface area contributed by atoms with Crippen molar-refractivity contribution in [3.8, 4) is 0 Å². The molecular formula is C25H32N2. The maximum atomic E-state index is 4.78. The monoisotopic (exact) mass is 360 g/mol. The zero-order valence-electron chi connectivity index (χ0n) is 17.0. The maximum absolute atomic E-state index is 4.78. The van der Waals surface area contributed by atoms with Gasteiger partial charge in [-0.2, -0.15) is 0 Å². The van der Waals surface area contributed by atoms with Gasteiger partial charge in [-0.05, 0) is 106 Å². The minimum atomic E-state index is 0.489. The van der Waals surface area contributed by atoms with Crippen molar-refractivity contribution in [3.05, 3.63) is 52.8 Å². The Morgan fingerprint density at radius 1 is 1.00 bits per heavy atom. The van der Waals surface area contributed by atoms with Crippen LogP contribution in [-0.2, 0) is 12.0 Å². The van der Waals surface area contributed by atoms with E-state index in [1.807, 2.05) is 6.21 Å². The molecule has 2 aromatic rings. The average Bonchev–Trinajstić information content (AvgIpc) is 2.92. The largest absolute Gasteiger partial charge is 0.349 e. The Morgan fingerprint density at radius 3 is 2.11 bits per heavy atom. The molecule has 27 heavy (non-hydrogen) atoms. The fourth-order valence-corrected chi connectivity index (χ4v) is 6.95. The van der Waals surface area contributed by atoms with Crippen LogP contribution >= 0.6 is 0 Å². The van der Waals surface area contributed by atoms with Gasteiger partial charge in [-0.15, -0.1) is 0 Å². The molecular weight excluding hydrogens is 328 g/mol. The zero-order chi connectivity index (χ0) is 18.6. The second kappa shape index (κ2) is 6.36. The number of nitrogens with zero attached hydrogens (tertiary/aromatic N) is 2. The molecule has 2 nitrogen and oxygen atoms in total. The van der Waals surface area contributed by atoms with E-state index in [0.29, 0.717) is 5.41 Å². The highest BCUT2D eigenvalue weighted by atomic mass is 15.0. The van der Waals surface area contributed by atoms with Crippen LogP contribution in [0.5, 0.6) is 0 Å². The molecule has 4 fully saturated rings. The molecule has 4 bridgehead atoms. The van der Waals surface area contributed by atoms with Gasteiger partial charge in [0, 0.05) is 29.7 Å². The molecule has 6 rings (SSSR count). The van der Waals surface area contributed by atoms with E-state index in [4.69, 9.17) is 4.99 Å². The van der Waals surface area contributed by atoms with E-state index in [0.717, 1.165) is 30.0 Å². The molecule has 2 heteroatoms. The Bertz CT molecular complexity index is 833. The van der Waals surface area contributed by atoms with Crippen molar-refractivity contribution in [2.24, 2.45) is 22.7 Å². The van der Waals surface area contributed by atoms with Crippen molar-refractivity contribution in [1.29, 1.82) is 0 Å². The van der Waals surface area contributed by atoms with Crippen LogP contribution < -0.4 is 0 Å². The summed E-state index contributed by atoms with van der Waals surface area (Å²) in [5.74, 6) is 3.01. The van der Waals surface area contributed by atoms with Crippen molar-refractivity contribution < 1.29 is 0 Å². The van der Waals surface area contributed by atoms with Gasteiger partial charge in [0.1, 0.15) is 0 Å². The molecule has 0 aliphatic heterocycles. The van der Waals surface area contributed by atoms with Gasteiger partial charge in [0.15, 0.2) is 0 Å². The molecule has 0 spiro atoms. The van der Waals surface area contributed by atoms with Gasteiger partial charge >= 0.3 is 0 Å². The highest BCUT2D eigenvalue weighted by Crippen LogP contribution is 2.60. The second-order valence-electron chi connectivity index (χ2n) is 9.57. The molecule has 0 saturated heterocycles. The predicted molar refractivity (Wildman–Crippen MR) is 113 cm³/mol. The molecule has 142 valence electrons. The van der Waals surface area contributed by atoms with Crippen LogP contribution in [0.1, 0.15) is 68.0 Å². The Kier molecular flexibility index (Phi) is 4.07. The number of rotatable bonds is 4. The predicted octanol–water partition coefficient (Wildman–Crippen LogP) is 6.34. The van der Waals surface area contributed by atoms with Gasteiger partial charge in [-0.3, -0.25) is 4.99 Å². The van der Waals surface area contributed by atoms with Gasteiger partial charge < -0.3 is 4.57 Å². The quantitative estimate of drug-likeness (QED) is 0.566. The molecule has 0 unspecified atom stereocenters. The van der Waals surface area contributed by atoms with E-state index < -0.39 is 0 Å². The lowest BCUT2D eigenvalue weighted by Gasteiger charge is -2.57. The van der Waals surface area contributed by atoms with Crippen LogP contribution in [0.25, 0.3) is 0 Å². The van der Waals surface area contributed by atoms with Crippen LogP contribution in [0.3, 0.4) is 0 Å². The molecule has 0 radical (unpaired) electrons. The first kappa shape index (κ1) is 17.3. The molecule has 1 aromatic carbocycles. The molecule has 0 amide bonds. The summed E-state index contributed by atoms with van der Waals surface area (Å²) in [5, 5.41) is 0. The van der Waals surface area contributed by atoms with Gasteiger partial charge in [0.25, 0.3) is 0 Å². The minimum absolute atomic E-state index is 0.489. The van der Waals surface area contributed by atoms with Gasteiger partial charge in [0.05, 0.1) is 5.69 Å². The normalized spacial score (nSPS) is 31.9. The molecule has 4 aliphatic carbocycles. The number of aromatic nitrogens is 1. The first-order chi connectivity index (χ1) is 13.1. The number of hydrogen-bond acceptors (Lipinski definition) is 1. The number of benzene rings is 1. The average molecular weight is 361 g/mol. The fourth-order valence-electron chi connectivity index (χ4n) is 6.95. The van der Waals surface area contributed by atoms with E-state index in [1.54, 1.807) is 5.56 Å². The third-order valence-electron chi connectivity index (χ3n) is 7.80. The lowest BCUT2D eigenvalue weighted by Crippen LogP contribution is -2.48. The van der Waals surface area contributed by atoms with Crippen molar-refractivity contribution in [3.63, 3.8) is 0 Å². The Labute approximate surface area is 163 Å². The lowest BCUT2D eigenvalue weighted by atomic mass is 9.48. The fraction of sp³-hybridized carbons (Fsp3) is 0.560. The summed E-state index contributed by atoms with van der Waals surface area (Å²) in [5.41, 5.74) is 7.01. The van der Waals surface area contributed by atoms with E-state index in [-0.39, 0.29) is 0 Å². The van der Waals surface area contributed by atoms with E-state index in [2.05, 4.69) is 55.7 Å². The SMILES string of the molecule is CCn1c(C)cc(C=Nc2ccc(C34CC5CC(CC(C5)C3)C4)cc2)c1C. The smallest absolute Gasteiger partial charge is 0.0630 e. The van der Waals surface area contributed by atoms with Crippen molar-refractivity contribution in [2.45, 2.75) is 71.3 Å². The highest BCUT2D eigenvalue weighted by molar-refractivity contribution is 5.83. The third-order valence-corrected chi connectivity index (χ3v) is 7.80. The second-order valence-corrected chi connectivity index (χ2v) is 9.57. The molecule has 4 saturated carbocycles. The van der Waals surface area contributed by atoms with E-state index in [9.17, 15) is 0 Å². The van der Waals surface area contributed by atoms with E-state index >= 15 is 0 Å². The summed E-state index contributed by atoms with van der Waals surface area (Å²) in [6.45, 7) is 7.58. The van der Waals surface area contributed by atoms with Gasteiger partial charge in [-0.1, -0.05) is 12.1 Å². The van der Waals surface area contributed by atoms with E-state index in [1.165, 1.54) is 55.5 Å². The van der Waals surface area contributed by atoms with Crippen molar-refractivity contribution in [2.75, 3.05) is 0 Å². The summed E-state index contributed by atoms with van der Waals surface area (Å²) >= 11 is 0. The van der Waals surface area contributed by atoms with Crippen LogP contribution in [0.2, 0.25) is 0 Å². The summed E-state index contributed by atoms with van der Waals surface area (Å²) in [4.78, 5) is 4.78. The first-order valence-corrected chi connectivity index (χ1v) is 10.9. The lowest BCUT2D eigenvalue weighted by molar-refractivity contribution is -0.00518. The Morgan fingerprint density at radius 2 is 1.59 bits per heavy atom. The zero-order valence-corrected chi connectivity index (χ0v) is 17.0. The molecule has 1 aromatic heterocycles. The number of hydrogen-bond donors (Lipinski definition) is 0. The summed E-state index contributed by atoms with van der Waals surface area (Å²) in [7, 11) is 0. The minimum Gasteiger partial charge on any atom is -0.349 e. The number of aryl methyl sites for hydroxylation is 1. The van der Waals surface area contributed by atoms with Gasteiger partial charge in [0.2, 0.25) is 0 Å². The van der Waals surface area contributed by atoms with Crippen LogP contribution in [0, 0.1) is 31.6 Å². The van der Waals surface area contributed by atoms with Crippen molar-refractivity contribution >= 4 is 11.9 Å². The molecule has 0 atom stereocenters. The Hall–Kier alpha value is -1.83. The first-order valence-electron chi connectivity index (χ1n) is 10.9. The molecule has 1 heterocycles. The summed E-state index contributed by atoms with van der Waals surface area (Å²) in [6.07, 6.45) is 10.9. The summed E-state index contributed by atoms with van der Waals surface area (Å²) < 4.78 is 2.34.